The standard InChI is InChI=1S/C19H21NO5/c1-13-8-9-16(12-14(13)2)24-11-10-19(21)25-15(3)17-6-4-5-7-18(17)20(22)23/h4-9,12,15H,10-11H2,1-3H3. The number of nitrogens with zero attached hydrogens (tertiary/aromatic N) is 1. The lowest BCUT2D eigenvalue weighted by Gasteiger charge is -2.14. The molecule has 2 aromatic carbocycles. The van der Waals surface area contributed by atoms with E-state index in [4.69, 9.17) is 9.47 Å². The molecular formula is C19H21NO5. The monoisotopic (exact) mass is 343 g/mol. The predicted octanol–water partition coefficient (Wildman–Crippen LogP) is 4.28. The molecular weight excluding hydrogens is 322 g/mol. The maximum absolute atomic E-state index is 11.9. The molecule has 0 spiro atoms. The number of hydrogen-bond donors (Lipinski definition) is 0. The van der Waals surface area contributed by atoms with Crippen molar-refractivity contribution in [1.29, 1.82) is 0 Å². The summed E-state index contributed by atoms with van der Waals surface area (Å²) >= 11 is 0. The second-order valence-electron chi connectivity index (χ2n) is 5.79. The lowest BCUT2D eigenvalue weighted by molar-refractivity contribution is -0.386. The van der Waals surface area contributed by atoms with Gasteiger partial charge in [0.2, 0.25) is 0 Å². The normalized spacial score (nSPS) is 11.6. The van der Waals surface area contributed by atoms with Crippen molar-refractivity contribution in [3.05, 3.63) is 69.3 Å². The van der Waals surface area contributed by atoms with Crippen LogP contribution in [0.5, 0.6) is 5.75 Å². The Morgan fingerprint density at radius 1 is 1.16 bits per heavy atom. The number of para-hydroxylation sites is 1. The molecule has 0 bridgehead atoms. The van der Waals surface area contributed by atoms with Gasteiger partial charge < -0.3 is 9.47 Å². The largest absolute Gasteiger partial charge is 0.493 e. The predicted molar refractivity (Wildman–Crippen MR) is 93.6 cm³/mol. The molecule has 0 radical (unpaired) electrons. The highest BCUT2D eigenvalue weighted by Crippen LogP contribution is 2.27. The number of benzene rings is 2. The molecule has 1 unspecified atom stereocenters. The van der Waals surface area contributed by atoms with Crippen molar-refractivity contribution < 1.29 is 19.2 Å². The average Bonchev–Trinajstić information content (AvgIpc) is 2.58. The Morgan fingerprint density at radius 3 is 2.56 bits per heavy atom. The summed E-state index contributed by atoms with van der Waals surface area (Å²) in [5.74, 6) is 0.233. The summed E-state index contributed by atoms with van der Waals surface area (Å²) in [6, 6.07) is 12.0. The van der Waals surface area contributed by atoms with Crippen molar-refractivity contribution in [2.75, 3.05) is 6.61 Å². The molecule has 25 heavy (non-hydrogen) atoms. The first-order valence-corrected chi connectivity index (χ1v) is 8.01. The Balaban J connectivity index is 1.87. The Hall–Kier alpha value is -2.89. The van der Waals surface area contributed by atoms with Crippen LogP contribution in [0.1, 0.15) is 36.1 Å². The number of nitro groups is 1. The Bertz CT molecular complexity index is 772. The fraction of sp³-hybridized carbons (Fsp3) is 0.316. The number of ether oxygens (including phenoxy) is 2. The first-order chi connectivity index (χ1) is 11.9. The molecule has 2 aromatic rings. The maximum atomic E-state index is 11.9. The van der Waals surface area contributed by atoms with E-state index in [-0.39, 0.29) is 18.7 Å². The van der Waals surface area contributed by atoms with Crippen LogP contribution in [0.4, 0.5) is 5.69 Å². The Labute approximate surface area is 146 Å². The molecule has 0 heterocycles. The zero-order valence-corrected chi connectivity index (χ0v) is 14.5. The fourth-order valence-electron chi connectivity index (χ4n) is 2.37. The number of carbonyl (C=O) groups is 1. The highest BCUT2D eigenvalue weighted by atomic mass is 16.6. The quantitative estimate of drug-likeness (QED) is 0.426. The first kappa shape index (κ1) is 18.4. The van der Waals surface area contributed by atoms with Gasteiger partial charge in [-0.25, -0.2) is 0 Å². The zero-order valence-electron chi connectivity index (χ0n) is 14.5. The van der Waals surface area contributed by atoms with Crippen LogP contribution in [0.3, 0.4) is 0 Å². The molecule has 6 nitrogen and oxygen atoms in total. The van der Waals surface area contributed by atoms with Gasteiger partial charge in [0.05, 0.1) is 23.5 Å². The van der Waals surface area contributed by atoms with E-state index in [9.17, 15) is 14.9 Å². The van der Waals surface area contributed by atoms with E-state index in [2.05, 4.69) is 0 Å². The van der Waals surface area contributed by atoms with Gasteiger partial charge in [-0.15, -0.1) is 0 Å². The van der Waals surface area contributed by atoms with Crippen LogP contribution in [0.25, 0.3) is 0 Å². The minimum atomic E-state index is -0.698. The number of rotatable bonds is 7. The van der Waals surface area contributed by atoms with Crippen molar-refractivity contribution in [3.63, 3.8) is 0 Å². The van der Waals surface area contributed by atoms with Crippen molar-refractivity contribution >= 4 is 11.7 Å². The number of nitro benzene ring substituents is 1. The molecule has 0 fully saturated rings. The summed E-state index contributed by atoms with van der Waals surface area (Å²) in [4.78, 5) is 22.5. The summed E-state index contributed by atoms with van der Waals surface area (Å²) in [5, 5.41) is 11.0. The van der Waals surface area contributed by atoms with E-state index < -0.39 is 17.0 Å². The Morgan fingerprint density at radius 2 is 1.88 bits per heavy atom. The third-order valence-corrected chi connectivity index (χ3v) is 3.93. The number of esters is 1. The van der Waals surface area contributed by atoms with Crippen LogP contribution < -0.4 is 4.74 Å². The molecule has 0 aliphatic heterocycles. The number of carbonyl (C=O) groups excluding carboxylic acids is 1. The average molecular weight is 343 g/mol. The van der Waals surface area contributed by atoms with Gasteiger partial charge in [0.1, 0.15) is 11.9 Å². The van der Waals surface area contributed by atoms with Gasteiger partial charge in [-0.2, -0.15) is 0 Å². The molecule has 132 valence electrons. The van der Waals surface area contributed by atoms with E-state index in [1.807, 2.05) is 32.0 Å². The first-order valence-electron chi connectivity index (χ1n) is 8.01. The van der Waals surface area contributed by atoms with Crippen LogP contribution in [-0.4, -0.2) is 17.5 Å². The van der Waals surface area contributed by atoms with Gasteiger partial charge in [-0.05, 0) is 50.1 Å². The van der Waals surface area contributed by atoms with Gasteiger partial charge >= 0.3 is 5.97 Å². The van der Waals surface area contributed by atoms with E-state index in [1.54, 1.807) is 25.1 Å². The van der Waals surface area contributed by atoms with Crippen LogP contribution in [0.2, 0.25) is 0 Å². The fourth-order valence-corrected chi connectivity index (χ4v) is 2.37. The second-order valence-corrected chi connectivity index (χ2v) is 5.79. The number of aryl methyl sites for hydroxylation is 2. The zero-order chi connectivity index (χ0) is 18.4. The molecule has 2 rings (SSSR count). The van der Waals surface area contributed by atoms with Gasteiger partial charge in [-0.3, -0.25) is 14.9 Å². The second kappa shape index (κ2) is 8.28. The van der Waals surface area contributed by atoms with Crippen molar-refractivity contribution in [2.24, 2.45) is 0 Å². The van der Waals surface area contributed by atoms with Gasteiger partial charge in [-0.1, -0.05) is 18.2 Å². The van der Waals surface area contributed by atoms with Gasteiger partial charge in [0.25, 0.3) is 5.69 Å². The Kier molecular flexibility index (Phi) is 6.11. The van der Waals surface area contributed by atoms with Gasteiger partial charge in [0, 0.05) is 6.07 Å². The maximum Gasteiger partial charge on any atom is 0.309 e. The molecule has 0 aliphatic carbocycles. The molecule has 0 aliphatic rings. The number of hydrogen-bond acceptors (Lipinski definition) is 5. The molecule has 0 amide bonds. The third-order valence-electron chi connectivity index (χ3n) is 3.93. The van der Waals surface area contributed by atoms with Crippen molar-refractivity contribution in [2.45, 2.75) is 33.3 Å². The third kappa shape index (κ3) is 5.04. The van der Waals surface area contributed by atoms with Crippen LogP contribution in [-0.2, 0) is 9.53 Å². The highest BCUT2D eigenvalue weighted by Gasteiger charge is 2.21. The SMILES string of the molecule is Cc1ccc(OCCC(=O)OC(C)c2ccccc2[N+](=O)[O-])cc1C. The van der Waals surface area contributed by atoms with E-state index in [0.717, 1.165) is 5.56 Å². The summed E-state index contributed by atoms with van der Waals surface area (Å²) in [6.07, 6.45) is -0.631. The van der Waals surface area contributed by atoms with E-state index in [1.165, 1.54) is 11.6 Å². The van der Waals surface area contributed by atoms with E-state index in [0.29, 0.717) is 11.3 Å². The summed E-state index contributed by atoms with van der Waals surface area (Å²) < 4.78 is 10.8. The molecule has 0 aromatic heterocycles. The van der Waals surface area contributed by atoms with Crippen LogP contribution in [0, 0.1) is 24.0 Å². The van der Waals surface area contributed by atoms with Crippen LogP contribution >= 0.6 is 0 Å². The summed E-state index contributed by atoms with van der Waals surface area (Å²) in [5.41, 5.74) is 2.60. The topological polar surface area (TPSA) is 78.7 Å². The minimum Gasteiger partial charge on any atom is -0.493 e. The van der Waals surface area contributed by atoms with Gasteiger partial charge in [0.15, 0.2) is 0 Å². The molecule has 0 N–H and O–H groups in total. The molecule has 0 saturated carbocycles. The lowest BCUT2D eigenvalue weighted by atomic mass is 10.1. The van der Waals surface area contributed by atoms with Crippen molar-refractivity contribution in [1.82, 2.24) is 0 Å². The van der Waals surface area contributed by atoms with Crippen LogP contribution in [0.15, 0.2) is 42.5 Å². The smallest absolute Gasteiger partial charge is 0.309 e. The highest BCUT2D eigenvalue weighted by molar-refractivity contribution is 5.70. The molecule has 0 saturated heterocycles. The summed E-state index contributed by atoms with van der Waals surface area (Å²) in [6.45, 7) is 5.81. The molecule has 6 heteroatoms. The summed E-state index contributed by atoms with van der Waals surface area (Å²) in [7, 11) is 0. The molecule has 1 atom stereocenters. The van der Waals surface area contributed by atoms with Crippen molar-refractivity contribution in [3.8, 4) is 5.75 Å². The minimum absolute atomic E-state index is 0.0609. The van der Waals surface area contributed by atoms with E-state index >= 15 is 0 Å². The lowest BCUT2D eigenvalue weighted by Crippen LogP contribution is -2.13.